The van der Waals surface area contributed by atoms with Gasteiger partial charge < -0.3 is 10.6 Å². The van der Waals surface area contributed by atoms with Crippen molar-refractivity contribution >= 4 is 33.1 Å². The molecule has 3 rings (SSSR count). The fraction of sp³-hybridized carbons (Fsp3) is 0.500. The number of nitrogens with two attached hydrogens (primary N) is 1. The Kier molecular flexibility index (Phi) is 2.43. The Balaban J connectivity index is 2.07. The Hall–Kier alpha value is -1.36. The number of aryl methyl sites for hydroxylation is 1. The third kappa shape index (κ3) is 1.95. The van der Waals surface area contributed by atoms with Gasteiger partial charge in [0.1, 0.15) is 10.3 Å². The molecule has 2 N–H and O–H groups in total. The van der Waals surface area contributed by atoms with E-state index in [-0.39, 0.29) is 0 Å². The highest BCUT2D eigenvalue weighted by Gasteiger charge is 2.25. The van der Waals surface area contributed by atoms with Gasteiger partial charge in [0.25, 0.3) is 0 Å². The molecule has 0 radical (unpaired) electrons. The van der Waals surface area contributed by atoms with Crippen molar-refractivity contribution in [2.24, 2.45) is 5.92 Å². The lowest BCUT2D eigenvalue weighted by atomic mass is 10.2. The number of hydrogen-bond donors (Lipinski definition) is 1. The largest absolute Gasteiger partial charge is 0.396 e. The van der Waals surface area contributed by atoms with E-state index in [1.165, 1.54) is 12.8 Å². The number of aromatic nitrogens is 2. The van der Waals surface area contributed by atoms with Crippen molar-refractivity contribution in [2.75, 3.05) is 24.2 Å². The summed E-state index contributed by atoms with van der Waals surface area (Å²) in [7, 11) is 2.10. The molecule has 0 atom stereocenters. The van der Waals surface area contributed by atoms with Gasteiger partial charge in [-0.15, -0.1) is 0 Å². The summed E-state index contributed by atoms with van der Waals surface area (Å²) in [6.07, 6.45) is 4.43. The van der Waals surface area contributed by atoms with Crippen molar-refractivity contribution in [3.8, 4) is 0 Å². The molecule has 0 unspecified atom stereocenters. The van der Waals surface area contributed by atoms with Gasteiger partial charge in [0.2, 0.25) is 0 Å². The van der Waals surface area contributed by atoms with Crippen LogP contribution in [0.5, 0.6) is 0 Å². The van der Waals surface area contributed by atoms with Crippen LogP contribution in [0.25, 0.3) is 10.3 Å². The number of hydrogen-bond acceptors (Lipinski definition) is 5. The second-order valence-electron chi connectivity index (χ2n) is 4.77. The fourth-order valence-corrected chi connectivity index (χ4v) is 2.93. The fourth-order valence-electron chi connectivity index (χ4n) is 2.16. The van der Waals surface area contributed by atoms with Crippen LogP contribution < -0.4 is 10.6 Å². The predicted molar refractivity (Wildman–Crippen MR) is 72.6 cm³/mol. The van der Waals surface area contributed by atoms with Crippen LogP contribution >= 0.6 is 11.3 Å². The maximum Gasteiger partial charge on any atom is 0.145 e. The van der Waals surface area contributed by atoms with Gasteiger partial charge in [-0.05, 0) is 25.7 Å². The third-order valence-corrected chi connectivity index (χ3v) is 4.02. The average molecular weight is 248 g/mol. The lowest BCUT2D eigenvalue weighted by Gasteiger charge is -2.20. The quantitative estimate of drug-likeness (QED) is 0.906. The smallest absolute Gasteiger partial charge is 0.145 e. The monoisotopic (exact) mass is 248 g/mol. The molecule has 2 heterocycles. The van der Waals surface area contributed by atoms with E-state index in [4.69, 9.17) is 5.73 Å². The minimum atomic E-state index is 0.728. The van der Waals surface area contributed by atoms with Gasteiger partial charge in [-0.25, -0.2) is 9.97 Å². The second kappa shape index (κ2) is 3.84. The molecular weight excluding hydrogens is 232 g/mol. The first kappa shape index (κ1) is 10.8. The van der Waals surface area contributed by atoms with E-state index >= 15 is 0 Å². The van der Waals surface area contributed by atoms with Crippen molar-refractivity contribution in [3.63, 3.8) is 0 Å². The van der Waals surface area contributed by atoms with Crippen LogP contribution in [0, 0.1) is 12.8 Å². The normalized spacial score (nSPS) is 15.4. The Morgan fingerprint density at radius 1 is 1.53 bits per heavy atom. The maximum absolute atomic E-state index is 6.05. The van der Waals surface area contributed by atoms with Gasteiger partial charge >= 0.3 is 0 Å². The maximum atomic E-state index is 6.05. The lowest BCUT2D eigenvalue weighted by Crippen LogP contribution is -2.21. The van der Waals surface area contributed by atoms with Crippen molar-refractivity contribution < 1.29 is 0 Å². The zero-order chi connectivity index (χ0) is 12.0. The topological polar surface area (TPSA) is 55.0 Å². The Labute approximate surface area is 104 Å². The van der Waals surface area contributed by atoms with Crippen LogP contribution in [-0.2, 0) is 0 Å². The number of fused-ring (bicyclic) bond motifs is 1. The van der Waals surface area contributed by atoms with Gasteiger partial charge in [0, 0.05) is 13.6 Å². The molecule has 0 aliphatic heterocycles. The van der Waals surface area contributed by atoms with E-state index < -0.39 is 0 Å². The minimum absolute atomic E-state index is 0.728. The summed E-state index contributed by atoms with van der Waals surface area (Å²) in [4.78, 5) is 12.1. The minimum Gasteiger partial charge on any atom is -0.396 e. The van der Waals surface area contributed by atoms with Crippen LogP contribution in [0.1, 0.15) is 17.8 Å². The van der Waals surface area contributed by atoms with E-state index in [2.05, 4.69) is 21.9 Å². The first-order chi connectivity index (χ1) is 8.15. The first-order valence-corrected chi connectivity index (χ1v) is 6.69. The van der Waals surface area contributed by atoms with Crippen molar-refractivity contribution in [3.05, 3.63) is 11.2 Å². The summed E-state index contributed by atoms with van der Waals surface area (Å²) in [6.45, 7) is 3.08. The number of pyridine rings is 1. The average Bonchev–Trinajstić information content (AvgIpc) is 2.98. The second-order valence-corrected chi connectivity index (χ2v) is 5.95. The molecule has 1 aliphatic rings. The molecule has 2 aromatic heterocycles. The van der Waals surface area contributed by atoms with E-state index in [1.54, 1.807) is 17.5 Å². The van der Waals surface area contributed by atoms with Gasteiger partial charge in [-0.1, -0.05) is 11.3 Å². The molecule has 0 aromatic carbocycles. The standard InChI is InChI=1S/C12H16N4S/c1-7-15-10-11(16(2)6-8-3-4-8)9(13)5-14-12(10)17-7/h5,8H,3-4,6,13H2,1-2H3. The highest BCUT2D eigenvalue weighted by Crippen LogP contribution is 2.36. The van der Waals surface area contributed by atoms with Crippen molar-refractivity contribution in [2.45, 2.75) is 19.8 Å². The summed E-state index contributed by atoms with van der Waals surface area (Å²) >= 11 is 1.62. The number of thiazole rings is 1. The highest BCUT2D eigenvalue weighted by molar-refractivity contribution is 7.18. The summed E-state index contributed by atoms with van der Waals surface area (Å²) in [5.41, 5.74) is 8.78. The highest BCUT2D eigenvalue weighted by atomic mass is 32.1. The van der Waals surface area contributed by atoms with Gasteiger partial charge in [-0.2, -0.15) is 0 Å². The van der Waals surface area contributed by atoms with Crippen molar-refractivity contribution in [1.29, 1.82) is 0 Å². The predicted octanol–water partition coefficient (Wildman–Crippen LogP) is 2.43. The molecule has 17 heavy (non-hydrogen) atoms. The molecule has 0 saturated heterocycles. The van der Waals surface area contributed by atoms with Crippen LogP contribution in [-0.4, -0.2) is 23.6 Å². The Morgan fingerprint density at radius 3 is 3.00 bits per heavy atom. The summed E-state index contributed by atoms with van der Waals surface area (Å²) in [6, 6.07) is 0. The lowest BCUT2D eigenvalue weighted by molar-refractivity contribution is 0.789. The molecule has 2 aromatic rings. The number of nitrogen functional groups attached to an aromatic ring is 1. The molecular formula is C12H16N4S. The number of nitrogens with zero attached hydrogens (tertiary/aromatic N) is 3. The summed E-state index contributed by atoms with van der Waals surface area (Å²) < 4.78 is 0. The van der Waals surface area contributed by atoms with Crippen LogP contribution in [0.3, 0.4) is 0 Å². The van der Waals surface area contributed by atoms with Gasteiger partial charge in [0.15, 0.2) is 0 Å². The molecule has 5 heteroatoms. The Morgan fingerprint density at radius 2 is 2.29 bits per heavy atom. The summed E-state index contributed by atoms with van der Waals surface area (Å²) in [5, 5.41) is 1.04. The number of rotatable bonds is 3. The van der Waals surface area contributed by atoms with Gasteiger partial charge in [-0.3, -0.25) is 0 Å². The zero-order valence-electron chi connectivity index (χ0n) is 10.1. The number of anilines is 2. The molecule has 1 aliphatic carbocycles. The Bertz CT molecular complexity index is 559. The van der Waals surface area contributed by atoms with Crippen LogP contribution in [0.15, 0.2) is 6.20 Å². The van der Waals surface area contributed by atoms with Crippen LogP contribution in [0.4, 0.5) is 11.4 Å². The molecule has 4 nitrogen and oxygen atoms in total. The molecule has 1 saturated carbocycles. The van der Waals surface area contributed by atoms with E-state index in [0.717, 1.165) is 39.2 Å². The first-order valence-electron chi connectivity index (χ1n) is 5.88. The third-order valence-electron chi connectivity index (χ3n) is 3.15. The molecule has 0 spiro atoms. The molecule has 1 fully saturated rings. The van der Waals surface area contributed by atoms with Crippen molar-refractivity contribution in [1.82, 2.24) is 9.97 Å². The zero-order valence-corrected chi connectivity index (χ0v) is 10.9. The molecule has 90 valence electrons. The van der Waals surface area contributed by atoms with E-state index in [9.17, 15) is 0 Å². The van der Waals surface area contributed by atoms with Gasteiger partial charge in [0.05, 0.1) is 22.6 Å². The molecule has 0 bridgehead atoms. The SMILES string of the molecule is Cc1nc2c(N(C)CC3CC3)c(N)cnc2s1. The van der Waals surface area contributed by atoms with Crippen LogP contribution in [0.2, 0.25) is 0 Å². The summed E-state index contributed by atoms with van der Waals surface area (Å²) in [5.74, 6) is 0.836. The van der Waals surface area contributed by atoms with E-state index in [0.29, 0.717) is 0 Å². The van der Waals surface area contributed by atoms with E-state index in [1.807, 2.05) is 6.92 Å². The molecule has 0 amide bonds.